The molecule has 0 atom stereocenters. The molecule has 3 rings (SSSR count). The average molecular weight is 371 g/mol. The highest BCUT2D eigenvalue weighted by Crippen LogP contribution is 2.36. The molecule has 2 heterocycles. The SMILES string of the molecule is CCN1C(=O)C(=C2C=C(C)N(CCc3ccccc3)C(C)=C2)SC1=S. The summed E-state index contributed by atoms with van der Waals surface area (Å²) in [6.45, 7) is 7.70. The number of benzene rings is 1. The first-order chi connectivity index (χ1) is 12.0. The van der Waals surface area contributed by atoms with Crippen molar-refractivity contribution in [3.8, 4) is 0 Å². The minimum Gasteiger partial charge on any atom is -0.349 e. The zero-order valence-electron chi connectivity index (χ0n) is 14.8. The van der Waals surface area contributed by atoms with Gasteiger partial charge in [-0.25, -0.2) is 0 Å². The van der Waals surface area contributed by atoms with E-state index >= 15 is 0 Å². The molecule has 0 bridgehead atoms. The molecule has 1 saturated heterocycles. The van der Waals surface area contributed by atoms with Gasteiger partial charge in [0.15, 0.2) is 0 Å². The highest BCUT2D eigenvalue weighted by atomic mass is 32.2. The Morgan fingerprint density at radius 1 is 1.04 bits per heavy atom. The van der Waals surface area contributed by atoms with Gasteiger partial charge in [-0.3, -0.25) is 9.69 Å². The molecule has 2 aliphatic rings. The Morgan fingerprint density at radius 3 is 2.24 bits per heavy atom. The molecular formula is C20H22N2OS2. The van der Waals surface area contributed by atoms with Gasteiger partial charge in [0.05, 0.1) is 4.91 Å². The maximum atomic E-state index is 12.5. The molecule has 0 aliphatic carbocycles. The first kappa shape index (κ1) is 18.0. The molecule has 5 heteroatoms. The summed E-state index contributed by atoms with van der Waals surface area (Å²) >= 11 is 6.73. The zero-order valence-corrected chi connectivity index (χ0v) is 16.4. The molecule has 0 radical (unpaired) electrons. The van der Waals surface area contributed by atoms with E-state index in [2.05, 4.69) is 55.2 Å². The van der Waals surface area contributed by atoms with Crippen LogP contribution in [0.4, 0.5) is 0 Å². The van der Waals surface area contributed by atoms with Crippen LogP contribution in [0.5, 0.6) is 0 Å². The topological polar surface area (TPSA) is 23.6 Å². The first-order valence-corrected chi connectivity index (χ1v) is 9.69. The minimum absolute atomic E-state index is 0.0262. The molecule has 0 spiro atoms. The van der Waals surface area contributed by atoms with Gasteiger partial charge in [-0.1, -0.05) is 54.3 Å². The van der Waals surface area contributed by atoms with Crippen LogP contribution in [0.2, 0.25) is 0 Å². The third-order valence-electron chi connectivity index (χ3n) is 4.47. The third kappa shape index (κ3) is 3.72. The number of nitrogens with zero attached hydrogens (tertiary/aromatic N) is 2. The van der Waals surface area contributed by atoms with E-state index in [0.717, 1.165) is 34.8 Å². The van der Waals surface area contributed by atoms with Crippen molar-refractivity contribution in [3.05, 3.63) is 69.9 Å². The summed E-state index contributed by atoms with van der Waals surface area (Å²) in [6.07, 6.45) is 5.19. The maximum Gasteiger partial charge on any atom is 0.266 e. The molecular weight excluding hydrogens is 348 g/mol. The van der Waals surface area contributed by atoms with Crippen LogP contribution in [0.1, 0.15) is 26.3 Å². The third-order valence-corrected chi connectivity index (χ3v) is 5.95. The lowest BCUT2D eigenvalue weighted by Crippen LogP contribution is -2.28. The molecule has 1 amide bonds. The van der Waals surface area contributed by atoms with Crippen LogP contribution >= 0.6 is 24.0 Å². The second kappa shape index (κ2) is 7.58. The molecule has 0 N–H and O–H groups in total. The second-order valence-electron chi connectivity index (χ2n) is 6.16. The Balaban J connectivity index is 1.80. The van der Waals surface area contributed by atoms with Crippen molar-refractivity contribution in [2.75, 3.05) is 13.1 Å². The van der Waals surface area contributed by atoms with Crippen LogP contribution in [-0.4, -0.2) is 33.1 Å². The van der Waals surface area contributed by atoms with E-state index in [1.54, 1.807) is 4.90 Å². The highest BCUT2D eigenvalue weighted by Gasteiger charge is 2.33. The van der Waals surface area contributed by atoms with E-state index in [1.165, 1.54) is 17.3 Å². The summed E-state index contributed by atoms with van der Waals surface area (Å²) in [5.74, 6) is 0.0262. The van der Waals surface area contributed by atoms with Gasteiger partial charge < -0.3 is 4.90 Å². The van der Waals surface area contributed by atoms with Crippen LogP contribution in [0, 0.1) is 0 Å². The number of carbonyl (C=O) groups is 1. The van der Waals surface area contributed by atoms with E-state index in [4.69, 9.17) is 12.2 Å². The fraction of sp³-hybridized carbons (Fsp3) is 0.300. The molecule has 0 saturated carbocycles. The number of hydrogen-bond donors (Lipinski definition) is 0. The van der Waals surface area contributed by atoms with Gasteiger partial charge in [-0.2, -0.15) is 0 Å². The van der Waals surface area contributed by atoms with Crippen molar-refractivity contribution < 1.29 is 4.79 Å². The summed E-state index contributed by atoms with van der Waals surface area (Å²) in [5.41, 5.74) is 4.62. The largest absolute Gasteiger partial charge is 0.349 e. The normalized spacial score (nSPS) is 18.0. The van der Waals surface area contributed by atoms with E-state index in [-0.39, 0.29) is 5.91 Å². The molecule has 0 unspecified atom stereocenters. The predicted molar refractivity (Wildman–Crippen MR) is 109 cm³/mol. The van der Waals surface area contributed by atoms with Crippen LogP contribution in [-0.2, 0) is 11.2 Å². The van der Waals surface area contributed by atoms with Gasteiger partial charge in [-0.15, -0.1) is 0 Å². The standard InChI is InChI=1S/C20H22N2OS2/c1-4-21-19(23)18(25-20(21)24)17-12-14(2)22(15(3)13-17)11-10-16-8-6-5-7-9-16/h5-9,12-13H,4,10-11H2,1-3H3. The lowest BCUT2D eigenvalue weighted by atomic mass is 10.1. The Labute approximate surface area is 159 Å². The number of amides is 1. The Hall–Kier alpha value is -1.85. The van der Waals surface area contributed by atoms with Crippen LogP contribution < -0.4 is 0 Å². The summed E-state index contributed by atoms with van der Waals surface area (Å²) in [4.78, 5) is 17.2. The highest BCUT2D eigenvalue weighted by molar-refractivity contribution is 8.26. The summed E-state index contributed by atoms with van der Waals surface area (Å²) in [6, 6.07) is 10.5. The van der Waals surface area contributed by atoms with Crippen LogP contribution in [0.15, 0.2) is 64.4 Å². The number of thioether (sulfide) groups is 1. The smallest absolute Gasteiger partial charge is 0.266 e. The van der Waals surface area contributed by atoms with Crippen LogP contribution in [0.3, 0.4) is 0 Å². The molecule has 1 fully saturated rings. The van der Waals surface area contributed by atoms with Gasteiger partial charge in [0.25, 0.3) is 5.91 Å². The van der Waals surface area contributed by atoms with Gasteiger partial charge in [0, 0.05) is 24.5 Å². The molecule has 0 aromatic heterocycles. The first-order valence-electron chi connectivity index (χ1n) is 8.47. The van der Waals surface area contributed by atoms with Crippen molar-refractivity contribution in [3.63, 3.8) is 0 Å². The Bertz CT molecular complexity index is 771. The molecule has 1 aromatic carbocycles. The molecule has 2 aliphatic heterocycles. The summed E-state index contributed by atoms with van der Waals surface area (Å²) in [5, 5.41) is 0. The summed E-state index contributed by atoms with van der Waals surface area (Å²) < 4.78 is 0.651. The fourth-order valence-electron chi connectivity index (χ4n) is 3.14. The molecule has 1 aromatic rings. The lowest BCUT2D eigenvalue weighted by molar-refractivity contribution is -0.122. The van der Waals surface area contributed by atoms with Gasteiger partial charge in [-0.05, 0) is 50.5 Å². The number of hydrogen-bond acceptors (Lipinski definition) is 4. The Morgan fingerprint density at radius 2 is 1.68 bits per heavy atom. The van der Waals surface area contributed by atoms with E-state index < -0.39 is 0 Å². The monoisotopic (exact) mass is 370 g/mol. The van der Waals surface area contributed by atoms with Gasteiger partial charge in [0.2, 0.25) is 0 Å². The molecule has 3 nitrogen and oxygen atoms in total. The number of carbonyl (C=O) groups excluding carboxylic acids is 1. The average Bonchev–Trinajstić information content (AvgIpc) is 2.88. The number of thiocarbonyl (C=S) groups is 1. The number of likely N-dealkylation sites (N-methyl/N-ethyl adjacent to an activating group) is 1. The van der Waals surface area contributed by atoms with E-state index in [9.17, 15) is 4.79 Å². The van der Waals surface area contributed by atoms with Crippen LogP contribution in [0.25, 0.3) is 0 Å². The molecule has 130 valence electrons. The fourth-order valence-corrected chi connectivity index (χ4v) is 4.53. The Kier molecular flexibility index (Phi) is 5.45. The quantitative estimate of drug-likeness (QED) is 0.576. The summed E-state index contributed by atoms with van der Waals surface area (Å²) in [7, 11) is 0. The van der Waals surface area contributed by atoms with Gasteiger partial charge >= 0.3 is 0 Å². The maximum absolute atomic E-state index is 12.5. The molecule has 25 heavy (non-hydrogen) atoms. The van der Waals surface area contributed by atoms with Crippen molar-refractivity contribution in [2.24, 2.45) is 0 Å². The van der Waals surface area contributed by atoms with Gasteiger partial charge in [0.1, 0.15) is 4.32 Å². The van der Waals surface area contributed by atoms with Crippen molar-refractivity contribution in [1.29, 1.82) is 0 Å². The zero-order chi connectivity index (χ0) is 18.0. The van der Waals surface area contributed by atoms with E-state index in [1.807, 2.05) is 13.0 Å². The second-order valence-corrected chi connectivity index (χ2v) is 7.80. The van der Waals surface area contributed by atoms with Crippen molar-refractivity contribution >= 4 is 34.2 Å². The lowest BCUT2D eigenvalue weighted by Gasteiger charge is -2.30. The van der Waals surface area contributed by atoms with E-state index in [0.29, 0.717) is 10.9 Å². The predicted octanol–water partition coefficient (Wildman–Crippen LogP) is 4.49. The minimum atomic E-state index is 0.0262. The van der Waals surface area contributed by atoms with Crippen molar-refractivity contribution in [1.82, 2.24) is 9.80 Å². The van der Waals surface area contributed by atoms with Crippen molar-refractivity contribution in [2.45, 2.75) is 27.2 Å². The number of rotatable bonds is 4. The number of allylic oxidation sites excluding steroid dienone is 5.